The van der Waals surface area contributed by atoms with Gasteiger partial charge in [-0.1, -0.05) is 24.3 Å². The number of para-hydroxylation sites is 2. The summed E-state index contributed by atoms with van der Waals surface area (Å²) in [5, 5.41) is 0. The summed E-state index contributed by atoms with van der Waals surface area (Å²) in [6, 6.07) is 15.1. The molecule has 168 valence electrons. The number of carbonyl (C=O) groups is 4. The van der Waals surface area contributed by atoms with E-state index in [1.54, 1.807) is 6.07 Å². The van der Waals surface area contributed by atoms with Crippen LogP contribution in [0.3, 0.4) is 0 Å². The first-order valence-corrected chi connectivity index (χ1v) is 10.5. The number of aryl methyl sites for hydroxylation is 1. The Hall–Kier alpha value is -4.59. The molecule has 1 aromatic heterocycles. The lowest BCUT2D eigenvalue weighted by molar-refractivity contribution is -0.132. The van der Waals surface area contributed by atoms with E-state index in [9.17, 15) is 19.2 Å². The summed E-state index contributed by atoms with van der Waals surface area (Å²) in [6.07, 6.45) is 0. The molecule has 0 atom stereocenters. The summed E-state index contributed by atoms with van der Waals surface area (Å²) in [6.45, 7) is 2.41. The normalized spacial score (nSPS) is 12.3. The molecule has 0 spiro atoms. The Morgan fingerprint density at radius 3 is 2.18 bits per heavy atom. The lowest BCUT2D eigenvalue weighted by Crippen LogP contribution is -2.24. The molecule has 0 radical (unpaired) electrons. The quantitative estimate of drug-likeness (QED) is 0.301. The minimum Gasteiger partial charge on any atom is -0.426 e. The van der Waals surface area contributed by atoms with Crippen LogP contribution in [0.4, 0.5) is 0 Å². The second-order valence-corrected chi connectivity index (χ2v) is 7.90. The van der Waals surface area contributed by atoms with Gasteiger partial charge in [-0.2, -0.15) is 0 Å². The topological polar surface area (TPSA) is 105 Å². The fourth-order valence-electron chi connectivity index (χ4n) is 4.26. The van der Waals surface area contributed by atoms with Crippen LogP contribution in [-0.2, 0) is 16.6 Å². The van der Waals surface area contributed by atoms with Crippen molar-refractivity contribution in [3.63, 3.8) is 0 Å². The number of hydrogen-bond acceptors (Lipinski definition) is 7. The van der Waals surface area contributed by atoms with Crippen molar-refractivity contribution in [2.45, 2.75) is 13.8 Å². The van der Waals surface area contributed by atoms with E-state index in [1.807, 2.05) is 35.9 Å². The van der Waals surface area contributed by atoms with Gasteiger partial charge in [-0.15, -0.1) is 0 Å². The van der Waals surface area contributed by atoms with E-state index in [0.29, 0.717) is 11.4 Å². The molecule has 4 aromatic rings. The molecule has 5 rings (SSSR count). The van der Waals surface area contributed by atoms with Crippen LogP contribution in [0.25, 0.3) is 22.4 Å². The van der Waals surface area contributed by atoms with E-state index in [-0.39, 0.29) is 33.8 Å². The van der Waals surface area contributed by atoms with Gasteiger partial charge in [0.05, 0.1) is 22.2 Å². The molecule has 0 amide bonds. The van der Waals surface area contributed by atoms with Crippen molar-refractivity contribution in [1.82, 2.24) is 9.55 Å². The number of ketones is 2. The van der Waals surface area contributed by atoms with Crippen molar-refractivity contribution in [3.05, 3.63) is 76.9 Å². The molecule has 34 heavy (non-hydrogen) atoms. The fraction of sp³-hybridized carbons (Fsp3) is 0.115. The maximum atomic E-state index is 13.6. The fourth-order valence-corrected chi connectivity index (χ4v) is 4.26. The number of hydrogen-bond donors (Lipinski definition) is 0. The molecule has 0 unspecified atom stereocenters. The lowest BCUT2D eigenvalue weighted by Gasteiger charge is -2.22. The third-order valence-electron chi connectivity index (χ3n) is 5.62. The highest BCUT2D eigenvalue weighted by Crippen LogP contribution is 2.40. The Bertz CT molecular complexity index is 1560. The third kappa shape index (κ3) is 3.27. The van der Waals surface area contributed by atoms with E-state index in [0.717, 1.165) is 11.0 Å². The summed E-state index contributed by atoms with van der Waals surface area (Å²) in [4.78, 5) is 55.2. The van der Waals surface area contributed by atoms with Gasteiger partial charge in [-0.3, -0.25) is 19.2 Å². The van der Waals surface area contributed by atoms with Crippen LogP contribution < -0.4 is 9.47 Å². The molecule has 8 nitrogen and oxygen atoms in total. The molecular formula is C26H18N2O6. The number of carbonyl (C=O) groups excluding carboxylic acids is 4. The molecule has 3 aromatic carbocycles. The first kappa shape index (κ1) is 21.3. The van der Waals surface area contributed by atoms with Crippen molar-refractivity contribution < 1.29 is 28.7 Å². The predicted octanol–water partition coefficient (Wildman–Crippen LogP) is 3.87. The van der Waals surface area contributed by atoms with Crippen LogP contribution in [0, 0.1) is 0 Å². The number of rotatable bonds is 3. The maximum Gasteiger partial charge on any atom is 0.308 e. The zero-order valence-corrected chi connectivity index (χ0v) is 18.5. The number of esters is 2. The van der Waals surface area contributed by atoms with Crippen molar-refractivity contribution in [2.75, 3.05) is 0 Å². The standard InChI is InChI=1S/C26H18N2O6/c1-13(29)33-20-10-6-7-16-22(20)25(32)23-17(24(16)31)11-15(12-21(23)34-14(2)30)26-27-18-8-4-5-9-19(18)28(26)3/h4-12H,1-3H3. The molecule has 1 heterocycles. The number of nitrogens with zero attached hydrogens (tertiary/aromatic N) is 2. The van der Waals surface area contributed by atoms with Gasteiger partial charge in [-0.25, -0.2) is 4.98 Å². The number of ether oxygens (including phenoxy) is 2. The van der Waals surface area contributed by atoms with Crippen LogP contribution in [0.5, 0.6) is 11.5 Å². The highest BCUT2D eigenvalue weighted by Gasteiger charge is 2.36. The lowest BCUT2D eigenvalue weighted by atomic mass is 9.82. The molecule has 0 N–H and O–H groups in total. The predicted molar refractivity (Wildman–Crippen MR) is 122 cm³/mol. The molecular weight excluding hydrogens is 436 g/mol. The summed E-state index contributed by atoms with van der Waals surface area (Å²) in [5.41, 5.74) is 2.22. The van der Waals surface area contributed by atoms with Gasteiger partial charge in [-0.05, 0) is 30.3 Å². The number of imidazole rings is 1. The third-order valence-corrected chi connectivity index (χ3v) is 5.62. The second-order valence-electron chi connectivity index (χ2n) is 7.90. The minimum atomic E-state index is -0.649. The van der Waals surface area contributed by atoms with Crippen LogP contribution in [0.2, 0.25) is 0 Å². The first-order chi connectivity index (χ1) is 16.3. The zero-order valence-electron chi connectivity index (χ0n) is 18.5. The monoisotopic (exact) mass is 454 g/mol. The van der Waals surface area contributed by atoms with E-state index >= 15 is 0 Å². The summed E-state index contributed by atoms with van der Waals surface area (Å²) < 4.78 is 12.4. The average Bonchev–Trinajstić information content (AvgIpc) is 3.13. The van der Waals surface area contributed by atoms with Gasteiger partial charge in [0.25, 0.3) is 0 Å². The molecule has 0 fully saturated rings. The number of aromatic nitrogens is 2. The Labute approximate surface area is 193 Å². The molecule has 0 saturated carbocycles. The van der Waals surface area contributed by atoms with E-state index in [4.69, 9.17) is 9.47 Å². The van der Waals surface area contributed by atoms with Gasteiger partial charge < -0.3 is 14.0 Å². The van der Waals surface area contributed by atoms with Gasteiger partial charge in [0.2, 0.25) is 5.78 Å². The largest absolute Gasteiger partial charge is 0.426 e. The molecule has 0 saturated heterocycles. The van der Waals surface area contributed by atoms with Crippen molar-refractivity contribution in [3.8, 4) is 22.9 Å². The molecule has 1 aliphatic carbocycles. The minimum absolute atomic E-state index is 0.0257. The van der Waals surface area contributed by atoms with Gasteiger partial charge in [0, 0.05) is 37.6 Å². The van der Waals surface area contributed by atoms with Gasteiger partial charge in [0.15, 0.2) is 5.78 Å². The first-order valence-electron chi connectivity index (χ1n) is 10.5. The number of benzene rings is 3. The van der Waals surface area contributed by atoms with Gasteiger partial charge in [0.1, 0.15) is 17.3 Å². The SMILES string of the molecule is CC(=O)Oc1cccc2c1C(=O)c1c(OC(C)=O)cc(-c3nc4ccccc4n3C)cc1C2=O. The number of fused-ring (bicyclic) bond motifs is 3. The molecule has 0 aliphatic heterocycles. The average molecular weight is 454 g/mol. The van der Waals surface area contributed by atoms with Gasteiger partial charge >= 0.3 is 11.9 Å². The Balaban J connectivity index is 1.76. The van der Waals surface area contributed by atoms with Crippen molar-refractivity contribution in [1.29, 1.82) is 0 Å². The van der Waals surface area contributed by atoms with E-state index in [1.165, 1.54) is 38.1 Å². The van der Waals surface area contributed by atoms with Crippen molar-refractivity contribution >= 4 is 34.5 Å². The molecule has 0 bridgehead atoms. The summed E-state index contributed by atoms with van der Waals surface area (Å²) in [7, 11) is 1.84. The smallest absolute Gasteiger partial charge is 0.308 e. The van der Waals surface area contributed by atoms with Crippen LogP contribution in [0.15, 0.2) is 54.6 Å². The highest BCUT2D eigenvalue weighted by molar-refractivity contribution is 6.30. The second kappa shape index (κ2) is 7.77. The molecule has 8 heteroatoms. The Morgan fingerprint density at radius 1 is 0.794 bits per heavy atom. The Kier molecular flexibility index (Phi) is 4.86. The zero-order chi connectivity index (χ0) is 24.1. The van der Waals surface area contributed by atoms with Crippen LogP contribution in [0.1, 0.15) is 45.7 Å². The maximum absolute atomic E-state index is 13.6. The van der Waals surface area contributed by atoms with Crippen LogP contribution in [-0.4, -0.2) is 33.1 Å². The van der Waals surface area contributed by atoms with E-state index in [2.05, 4.69) is 4.98 Å². The van der Waals surface area contributed by atoms with Crippen molar-refractivity contribution in [2.24, 2.45) is 7.05 Å². The van der Waals surface area contributed by atoms with E-state index < -0.39 is 23.5 Å². The molecule has 1 aliphatic rings. The Morgan fingerprint density at radius 2 is 1.47 bits per heavy atom. The summed E-state index contributed by atoms with van der Waals surface area (Å²) >= 11 is 0. The summed E-state index contributed by atoms with van der Waals surface area (Å²) in [5.74, 6) is -1.85. The van der Waals surface area contributed by atoms with Crippen LogP contribution >= 0.6 is 0 Å². The highest BCUT2D eigenvalue weighted by atomic mass is 16.5.